The molecule has 0 fully saturated rings. The summed E-state index contributed by atoms with van der Waals surface area (Å²) in [5.41, 5.74) is 5.78. The molecular weight excluding hydrogens is 444 g/mol. The highest BCUT2D eigenvalue weighted by atomic mass is 14.2. The minimum Gasteiger partial charge on any atom is -0.0991 e. The van der Waals surface area contributed by atoms with E-state index in [1.165, 1.54) is 54.6 Å². The molecule has 0 unspecified atom stereocenters. The van der Waals surface area contributed by atoms with Crippen molar-refractivity contribution in [2.24, 2.45) is 0 Å². The number of hydrogen-bond donors (Lipinski definition) is 0. The molecule has 6 aromatic rings. The summed E-state index contributed by atoms with van der Waals surface area (Å²) in [5, 5.41) is 7.97. The molecule has 0 amide bonds. The Labute approximate surface area is 221 Å². The van der Waals surface area contributed by atoms with E-state index in [0.29, 0.717) is 0 Å². The normalized spacial score (nSPS) is 10.5. The third kappa shape index (κ3) is 5.71. The molecule has 0 N–H and O–H groups in total. The SMILES string of the molecule is C=CC=C.CC.c1ccc2c(c1)Cc1ccc3ccccc3c1-2.c1ccc2cc3ccccc3cc2c1. The summed E-state index contributed by atoms with van der Waals surface area (Å²) in [4.78, 5) is 0. The predicted molar refractivity (Wildman–Crippen MR) is 165 cm³/mol. The zero-order valence-electron chi connectivity index (χ0n) is 21.8. The first kappa shape index (κ1) is 25.7. The van der Waals surface area contributed by atoms with Gasteiger partial charge in [-0.3, -0.25) is 0 Å². The first-order chi connectivity index (χ1) is 18.3. The highest BCUT2D eigenvalue weighted by molar-refractivity contribution is 6.01. The van der Waals surface area contributed by atoms with Gasteiger partial charge in [0, 0.05) is 0 Å². The van der Waals surface area contributed by atoms with E-state index in [-0.39, 0.29) is 0 Å². The summed E-state index contributed by atoms with van der Waals surface area (Å²) in [6, 6.07) is 43.3. The average molecular weight is 479 g/mol. The van der Waals surface area contributed by atoms with E-state index >= 15 is 0 Å². The topological polar surface area (TPSA) is 0 Å². The van der Waals surface area contributed by atoms with Crippen molar-refractivity contribution >= 4 is 32.3 Å². The monoisotopic (exact) mass is 478 g/mol. The molecular formula is C37H34. The lowest BCUT2D eigenvalue weighted by Gasteiger charge is -2.06. The maximum absolute atomic E-state index is 3.36. The van der Waals surface area contributed by atoms with Gasteiger partial charge in [-0.1, -0.05) is 148 Å². The smallest absolute Gasteiger partial charge is 0.00132 e. The third-order valence-electron chi connectivity index (χ3n) is 6.46. The summed E-state index contributed by atoms with van der Waals surface area (Å²) >= 11 is 0. The van der Waals surface area contributed by atoms with Crippen LogP contribution in [-0.4, -0.2) is 0 Å². The van der Waals surface area contributed by atoms with Gasteiger partial charge in [0.25, 0.3) is 0 Å². The highest BCUT2D eigenvalue weighted by Crippen LogP contribution is 2.40. The zero-order chi connectivity index (χ0) is 26.0. The molecule has 0 bridgehead atoms. The van der Waals surface area contributed by atoms with E-state index in [9.17, 15) is 0 Å². The molecule has 0 aliphatic heterocycles. The van der Waals surface area contributed by atoms with Crippen LogP contribution < -0.4 is 0 Å². The first-order valence-electron chi connectivity index (χ1n) is 13.0. The van der Waals surface area contributed by atoms with Crippen molar-refractivity contribution in [1.29, 1.82) is 0 Å². The van der Waals surface area contributed by atoms with Gasteiger partial charge in [0.1, 0.15) is 0 Å². The van der Waals surface area contributed by atoms with E-state index in [0.717, 1.165) is 6.42 Å². The Bertz CT molecular complexity index is 1540. The number of allylic oxidation sites excluding steroid dienone is 2. The Kier molecular flexibility index (Phi) is 8.68. The van der Waals surface area contributed by atoms with Crippen molar-refractivity contribution in [3.05, 3.63) is 158 Å². The molecule has 1 aliphatic carbocycles. The molecule has 1 aliphatic rings. The number of rotatable bonds is 1. The molecule has 0 spiro atoms. The van der Waals surface area contributed by atoms with Crippen LogP contribution in [0.15, 0.2) is 147 Å². The molecule has 0 aromatic heterocycles. The maximum atomic E-state index is 3.36. The van der Waals surface area contributed by atoms with Crippen LogP contribution in [-0.2, 0) is 6.42 Å². The van der Waals surface area contributed by atoms with Gasteiger partial charge in [0.05, 0.1) is 0 Å². The molecule has 6 aromatic carbocycles. The summed E-state index contributed by atoms with van der Waals surface area (Å²) < 4.78 is 0. The van der Waals surface area contributed by atoms with Crippen LogP contribution in [0.25, 0.3) is 43.4 Å². The second kappa shape index (κ2) is 12.5. The molecule has 0 heterocycles. The Morgan fingerprint density at radius 3 is 1.49 bits per heavy atom. The van der Waals surface area contributed by atoms with Gasteiger partial charge in [0.2, 0.25) is 0 Å². The van der Waals surface area contributed by atoms with Crippen molar-refractivity contribution in [2.45, 2.75) is 20.3 Å². The molecule has 0 heteroatoms. The quantitative estimate of drug-likeness (QED) is 0.163. The van der Waals surface area contributed by atoms with E-state index in [4.69, 9.17) is 0 Å². The molecule has 0 atom stereocenters. The summed E-state index contributed by atoms with van der Waals surface area (Å²) in [6.07, 6.45) is 4.36. The second-order valence-electron chi connectivity index (χ2n) is 8.67. The lowest BCUT2D eigenvalue weighted by atomic mass is 9.98. The van der Waals surface area contributed by atoms with Crippen LogP contribution in [0.2, 0.25) is 0 Å². The maximum Gasteiger partial charge on any atom is -0.00132 e. The van der Waals surface area contributed by atoms with Crippen molar-refractivity contribution in [2.75, 3.05) is 0 Å². The molecule has 37 heavy (non-hydrogen) atoms. The largest absolute Gasteiger partial charge is 0.0991 e. The lowest BCUT2D eigenvalue weighted by Crippen LogP contribution is -1.81. The van der Waals surface area contributed by atoms with E-state index in [1.54, 1.807) is 12.2 Å². The Morgan fingerprint density at radius 2 is 0.946 bits per heavy atom. The van der Waals surface area contributed by atoms with E-state index < -0.39 is 0 Å². The van der Waals surface area contributed by atoms with Crippen LogP contribution in [0, 0.1) is 0 Å². The van der Waals surface area contributed by atoms with Crippen LogP contribution in [0.3, 0.4) is 0 Å². The standard InChI is InChI=1S/C17H12.C14H10.C4H6.C2H6/c1-3-7-15-12(5-1)9-10-14-11-13-6-2-4-8-16(13)17(14)15;1-2-6-12-10-14-8-4-3-7-13(14)9-11(12)5-1;1-3-4-2;1-2/h1-10H,11H2;1-10H;3-4H,1-2H2;1-2H3. The Morgan fingerprint density at radius 1 is 0.486 bits per heavy atom. The predicted octanol–water partition coefficient (Wildman–Crippen LogP) is 10.8. The van der Waals surface area contributed by atoms with Crippen LogP contribution in [0.5, 0.6) is 0 Å². The fourth-order valence-corrected chi connectivity index (χ4v) is 4.79. The minimum absolute atomic E-state index is 1.08. The van der Waals surface area contributed by atoms with Crippen molar-refractivity contribution < 1.29 is 0 Å². The summed E-state index contributed by atoms with van der Waals surface area (Å²) in [6.45, 7) is 10.7. The zero-order valence-corrected chi connectivity index (χ0v) is 21.8. The van der Waals surface area contributed by atoms with Gasteiger partial charge in [-0.25, -0.2) is 0 Å². The summed E-state index contributed by atoms with van der Waals surface area (Å²) in [7, 11) is 0. The number of hydrogen-bond acceptors (Lipinski definition) is 0. The number of benzene rings is 6. The van der Waals surface area contributed by atoms with Gasteiger partial charge in [-0.05, 0) is 73.1 Å². The highest BCUT2D eigenvalue weighted by Gasteiger charge is 2.19. The van der Waals surface area contributed by atoms with Crippen molar-refractivity contribution in [3.63, 3.8) is 0 Å². The lowest BCUT2D eigenvalue weighted by molar-refractivity contribution is 1.27. The van der Waals surface area contributed by atoms with Gasteiger partial charge in [-0.2, -0.15) is 0 Å². The third-order valence-corrected chi connectivity index (χ3v) is 6.46. The fraction of sp³-hybridized carbons (Fsp3) is 0.0811. The Balaban J connectivity index is 0.000000145. The molecule has 7 rings (SSSR count). The van der Waals surface area contributed by atoms with Gasteiger partial charge in [-0.15, -0.1) is 0 Å². The van der Waals surface area contributed by atoms with Crippen molar-refractivity contribution in [3.8, 4) is 11.1 Å². The molecule has 0 radical (unpaired) electrons. The first-order valence-corrected chi connectivity index (χ1v) is 13.0. The average Bonchev–Trinajstić information content (AvgIpc) is 3.37. The van der Waals surface area contributed by atoms with Gasteiger partial charge < -0.3 is 0 Å². The van der Waals surface area contributed by atoms with Crippen LogP contribution >= 0.6 is 0 Å². The Hall–Kier alpha value is -4.42. The van der Waals surface area contributed by atoms with Gasteiger partial charge in [0.15, 0.2) is 0 Å². The molecule has 182 valence electrons. The van der Waals surface area contributed by atoms with Crippen LogP contribution in [0.4, 0.5) is 0 Å². The van der Waals surface area contributed by atoms with E-state index in [2.05, 4.69) is 134 Å². The van der Waals surface area contributed by atoms with Gasteiger partial charge >= 0.3 is 0 Å². The molecule has 0 nitrogen and oxygen atoms in total. The second-order valence-corrected chi connectivity index (χ2v) is 8.67. The van der Waals surface area contributed by atoms with Crippen molar-refractivity contribution in [1.82, 2.24) is 0 Å². The fourth-order valence-electron chi connectivity index (χ4n) is 4.79. The molecule has 0 saturated carbocycles. The minimum atomic E-state index is 1.08. The van der Waals surface area contributed by atoms with Crippen LogP contribution in [0.1, 0.15) is 25.0 Å². The number of fused-ring (bicyclic) bond motifs is 7. The summed E-state index contributed by atoms with van der Waals surface area (Å²) in [5.74, 6) is 0. The molecule has 0 saturated heterocycles. The van der Waals surface area contributed by atoms with E-state index in [1.807, 2.05) is 13.8 Å².